The van der Waals surface area contributed by atoms with Gasteiger partial charge in [0.05, 0.1) is 5.56 Å². The summed E-state index contributed by atoms with van der Waals surface area (Å²) in [6, 6.07) is 5.93. The van der Waals surface area contributed by atoms with Gasteiger partial charge in [-0.3, -0.25) is 0 Å². The first-order valence-corrected chi connectivity index (χ1v) is 5.15. The van der Waals surface area contributed by atoms with Gasteiger partial charge in [-0.05, 0) is 25.1 Å². The van der Waals surface area contributed by atoms with E-state index in [2.05, 4.69) is 15.3 Å². The van der Waals surface area contributed by atoms with E-state index in [1.54, 1.807) is 13.0 Å². The number of nitrogen functional groups attached to an aromatic ring is 1. The molecule has 0 saturated carbocycles. The molecule has 0 saturated heterocycles. The molecule has 90 valence electrons. The molecule has 5 nitrogen and oxygen atoms in total. The lowest BCUT2D eigenvalue weighted by molar-refractivity contribution is 0.624. The van der Waals surface area contributed by atoms with Crippen molar-refractivity contribution in [2.75, 3.05) is 11.1 Å². The van der Waals surface area contributed by atoms with Crippen molar-refractivity contribution in [2.45, 2.75) is 6.92 Å². The van der Waals surface area contributed by atoms with Crippen LogP contribution in [-0.2, 0) is 0 Å². The lowest BCUT2D eigenvalue weighted by atomic mass is 10.2. The van der Waals surface area contributed by atoms with Crippen LogP contribution in [0, 0.1) is 24.1 Å². The lowest BCUT2D eigenvalue weighted by Gasteiger charge is -2.09. The van der Waals surface area contributed by atoms with Crippen LogP contribution >= 0.6 is 0 Å². The minimum absolute atomic E-state index is 0.0281. The Balaban J connectivity index is 2.35. The van der Waals surface area contributed by atoms with Crippen LogP contribution < -0.4 is 11.1 Å². The first-order chi connectivity index (χ1) is 8.61. The molecule has 2 aromatic rings. The molecule has 6 heteroatoms. The van der Waals surface area contributed by atoms with Crippen molar-refractivity contribution in [1.82, 2.24) is 9.97 Å². The molecule has 0 spiro atoms. The van der Waals surface area contributed by atoms with Crippen molar-refractivity contribution in [3.63, 3.8) is 0 Å². The number of rotatable bonds is 2. The van der Waals surface area contributed by atoms with E-state index in [0.717, 1.165) is 0 Å². The number of hydrogen-bond donors (Lipinski definition) is 2. The number of halogens is 1. The summed E-state index contributed by atoms with van der Waals surface area (Å²) in [5.41, 5.74) is 6.88. The summed E-state index contributed by atoms with van der Waals surface area (Å²) in [6.07, 6.45) is 1.33. The van der Waals surface area contributed by atoms with Crippen LogP contribution in [0.5, 0.6) is 0 Å². The Labute approximate surface area is 103 Å². The Hall–Kier alpha value is -2.68. The maximum Gasteiger partial charge on any atom is 0.141 e. The van der Waals surface area contributed by atoms with Crippen LogP contribution in [0.25, 0.3) is 0 Å². The quantitative estimate of drug-likeness (QED) is 0.843. The second kappa shape index (κ2) is 4.67. The Morgan fingerprint density at radius 3 is 2.89 bits per heavy atom. The molecule has 0 atom stereocenters. The van der Waals surface area contributed by atoms with E-state index in [4.69, 9.17) is 11.0 Å². The molecule has 18 heavy (non-hydrogen) atoms. The highest BCUT2D eigenvalue weighted by atomic mass is 19.1. The van der Waals surface area contributed by atoms with E-state index in [1.807, 2.05) is 0 Å². The van der Waals surface area contributed by atoms with Crippen molar-refractivity contribution < 1.29 is 4.39 Å². The molecule has 2 rings (SSSR count). The van der Waals surface area contributed by atoms with Gasteiger partial charge in [-0.25, -0.2) is 14.4 Å². The van der Waals surface area contributed by atoms with Gasteiger partial charge in [-0.1, -0.05) is 0 Å². The summed E-state index contributed by atoms with van der Waals surface area (Å²) in [5.74, 6) is 0.343. The second-order valence-electron chi connectivity index (χ2n) is 3.66. The number of anilines is 3. The molecule has 0 amide bonds. The standard InChI is InChI=1S/C12H10FN5/c1-7-11(15)16-6-17-12(7)18-9-2-3-10(13)8(4-9)5-14/h2-4,6H,1H3,(H3,15,16,17,18). The number of benzene rings is 1. The summed E-state index contributed by atoms with van der Waals surface area (Å²) < 4.78 is 13.2. The summed E-state index contributed by atoms with van der Waals surface area (Å²) in [5, 5.41) is 11.7. The van der Waals surface area contributed by atoms with E-state index in [-0.39, 0.29) is 5.56 Å². The largest absolute Gasteiger partial charge is 0.383 e. The Bertz CT molecular complexity index is 633. The van der Waals surface area contributed by atoms with Gasteiger partial charge in [0.1, 0.15) is 29.8 Å². The van der Waals surface area contributed by atoms with Crippen LogP contribution in [0.3, 0.4) is 0 Å². The van der Waals surface area contributed by atoms with Gasteiger partial charge in [0.25, 0.3) is 0 Å². The molecule has 0 radical (unpaired) electrons. The van der Waals surface area contributed by atoms with Gasteiger partial charge in [0.2, 0.25) is 0 Å². The first kappa shape index (κ1) is 11.8. The van der Waals surface area contributed by atoms with E-state index in [9.17, 15) is 4.39 Å². The molecule has 0 aliphatic rings. The molecule has 1 aromatic heterocycles. The monoisotopic (exact) mass is 243 g/mol. The summed E-state index contributed by atoms with van der Waals surface area (Å²) in [6.45, 7) is 1.77. The van der Waals surface area contributed by atoms with Gasteiger partial charge in [-0.2, -0.15) is 5.26 Å². The number of hydrogen-bond acceptors (Lipinski definition) is 5. The second-order valence-corrected chi connectivity index (χ2v) is 3.66. The zero-order valence-corrected chi connectivity index (χ0v) is 9.61. The predicted molar refractivity (Wildman–Crippen MR) is 65.6 cm³/mol. The van der Waals surface area contributed by atoms with Crippen molar-refractivity contribution in [2.24, 2.45) is 0 Å². The molecule has 1 heterocycles. The van der Waals surface area contributed by atoms with E-state index >= 15 is 0 Å². The van der Waals surface area contributed by atoms with E-state index in [1.165, 1.54) is 24.5 Å². The molecule has 0 aliphatic heterocycles. The number of nitrogens with one attached hydrogen (secondary N) is 1. The van der Waals surface area contributed by atoms with Crippen LogP contribution in [0.4, 0.5) is 21.7 Å². The summed E-state index contributed by atoms with van der Waals surface area (Å²) in [4.78, 5) is 7.88. The third-order valence-electron chi connectivity index (χ3n) is 2.47. The number of nitrogens with zero attached hydrogens (tertiary/aromatic N) is 3. The fourth-order valence-electron chi connectivity index (χ4n) is 1.42. The molecular formula is C12H10FN5. The Morgan fingerprint density at radius 2 is 2.17 bits per heavy atom. The minimum atomic E-state index is -0.554. The molecular weight excluding hydrogens is 233 g/mol. The summed E-state index contributed by atoms with van der Waals surface area (Å²) >= 11 is 0. The predicted octanol–water partition coefficient (Wildman–Crippen LogP) is 2.12. The molecule has 0 aliphatic carbocycles. The molecule has 3 N–H and O–H groups in total. The van der Waals surface area contributed by atoms with Crippen molar-refractivity contribution >= 4 is 17.3 Å². The maximum absolute atomic E-state index is 13.2. The normalized spacial score (nSPS) is 9.83. The van der Waals surface area contributed by atoms with Crippen LogP contribution in [0.1, 0.15) is 11.1 Å². The number of nitrogens with two attached hydrogens (primary N) is 1. The van der Waals surface area contributed by atoms with Gasteiger partial charge < -0.3 is 11.1 Å². The van der Waals surface area contributed by atoms with Crippen molar-refractivity contribution in [3.05, 3.63) is 41.5 Å². The average Bonchev–Trinajstić information content (AvgIpc) is 2.37. The smallest absolute Gasteiger partial charge is 0.141 e. The number of aromatic nitrogens is 2. The van der Waals surface area contributed by atoms with Crippen LogP contribution in [0.2, 0.25) is 0 Å². The SMILES string of the molecule is Cc1c(N)ncnc1Nc1ccc(F)c(C#N)c1. The minimum Gasteiger partial charge on any atom is -0.383 e. The first-order valence-electron chi connectivity index (χ1n) is 5.15. The van der Waals surface area contributed by atoms with Crippen LogP contribution in [-0.4, -0.2) is 9.97 Å². The maximum atomic E-state index is 13.2. The van der Waals surface area contributed by atoms with Gasteiger partial charge in [0.15, 0.2) is 0 Å². The number of nitriles is 1. The van der Waals surface area contributed by atoms with Gasteiger partial charge in [-0.15, -0.1) is 0 Å². The fourth-order valence-corrected chi connectivity index (χ4v) is 1.42. The highest BCUT2D eigenvalue weighted by molar-refractivity contribution is 5.64. The van der Waals surface area contributed by atoms with Gasteiger partial charge >= 0.3 is 0 Å². The van der Waals surface area contributed by atoms with Crippen molar-refractivity contribution in [1.29, 1.82) is 5.26 Å². The lowest BCUT2D eigenvalue weighted by Crippen LogP contribution is -2.02. The molecule has 1 aromatic carbocycles. The van der Waals surface area contributed by atoms with Crippen LogP contribution in [0.15, 0.2) is 24.5 Å². The molecule has 0 unspecified atom stereocenters. The van der Waals surface area contributed by atoms with E-state index < -0.39 is 5.82 Å². The third-order valence-corrected chi connectivity index (χ3v) is 2.47. The van der Waals surface area contributed by atoms with Crippen molar-refractivity contribution in [3.8, 4) is 6.07 Å². The fraction of sp³-hybridized carbons (Fsp3) is 0.0833. The molecule has 0 fully saturated rings. The Kier molecular flexibility index (Phi) is 3.06. The topological polar surface area (TPSA) is 87.6 Å². The average molecular weight is 243 g/mol. The zero-order chi connectivity index (χ0) is 13.1. The molecule has 0 bridgehead atoms. The Morgan fingerprint density at radius 1 is 1.39 bits per heavy atom. The third kappa shape index (κ3) is 2.20. The van der Waals surface area contributed by atoms with Gasteiger partial charge in [0, 0.05) is 11.3 Å². The van der Waals surface area contributed by atoms with E-state index in [0.29, 0.717) is 22.9 Å². The summed E-state index contributed by atoms with van der Waals surface area (Å²) in [7, 11) is 0. The zero-order valence-electron chi connectivity index (χ0n) is 9.61. The highest BCUT2D eigenvalue weighted by Crippen LogP contribution is 2.22. The highest BCUT2D eigenvalue weighted by Gasteiger charge is 2.07.